The van der Waals surface area contributed by atoms with Crippen LogP contribution in [0.3, 0.4) is 0 Å². The van der Waals surface area contributed by atoms with Crippen LogP contribution in [0.15, 0.2) is 34.7 Å². The molecule has 0 aliphatic rings. The Bertz CT molecular complexity index is 653. The summed E-state index contributed by atoms with van der Waals surface area (Å²) in [6.45, 7) is -0.302. The van der Waals surface area contributed by atoms with E-state index in [2.05, 4.69) is 9.71 Å². The summed E-state index contributed by atoms with van der Waals surface area (Å²) < 4.78 is 31.6. The fourth-order valence-electron chi connectivity index (χ4n) is 1.49. The quantitative estimate of drug-likeness (QED) is 0.872. The summed E-state index contributed by atoms with van der Waals surface area (Å²) in [5.74, 6) is 0.440. The number of ether oxygens (including phenoxy) is 1. The average molecular weight is 300 g/mol. The van der Waals surface area contributed by atoms with Crippen LogP contribution in [0.25, 0.3) is 0 Å². The van der Waals surface area contributed by atoms with Crippen molar-refractivity contribution in [2.24, 2.45) is 0 Å². The molecule has 2 N–H and O–H groups in total. The minimum Gasteiger partial charge on any atom is -0.496 e. The number of aliphatic hydroxyl groups excluding tert-OH is 1. The molecule has 6 nitrogen and oxygen atoms in total. The van der Waals surface area contributed by atoms with Crippen LogP contribution in [0, 0.1) is 0 Å². The molecule has 0 bridgehead atoms. The topological polar surface area (TPSA) is 88.5 Å². The Morgan fingerprint density at radius 2 is 2.26 bits per heavy atom. The second-order valence-corrected chi connectivity index (χ2v) is 6.15. The van der Waals surface area contributed by atoms with Crippen LogP contribution in [0.4, 0.5) is 5.13 Å². The monoisotopic (exact) mass is 300 g/mol. The van der Waals surface area contributed by atoms with Gasteiger partial charge in [-0.1, -0.05) is 0 Å². The zero-order valence-corrected chi connectivity index (χ0v) is 11.7. The second-order valence-electron chi connectivity index (χ2n) is 3.57. The number of hydrogen-bond donors (Lipinski definition) is 2. The number of methoxy groups -OCH3 is 1. The number of sulfonamides is 1. The third-order valence-electron chi connectivity index (χ3n) is 2.39. The lowest BCUT2D eigenvalue weighted by molar-refractivity contribution is 0.273. The van der Waals surface area contributed by atoms with Crippen LogP contribution in [0.1, 0.15) is 5.56 Å². The normalized spacial score (nSPS) is 11.3. The SMILES string of the molecule is COc1ccc(S(=O)(=O)Nc2nccs2)cc1CO. The van der Waals surface area contributed by atoms with Gasteiger partial charge >= 0.3 is 0 Å². The maximum atomic E-state index is 12.1. The minimum atomic E-state index is -3.71. The highest BCUT2D eigenvalue weighted by atomic mass is 32.2. The van der Waals surface area contributed by atoms with E-state index in [0.29, 0.717) is 16.4 Å². The fraction of sp³-hybridized carbons (Fsp3) is 0.182. The third-order valence-corrected chi connectivity index (χ3v) is 4.54. The minimum absolute atomic E-state index is 0.0487. The van der Waals surface area contributed by atoms with Crippen molar-refractivity contribution < 1.29 is 18.3 Å². The van der Waals surface area contributed by atoms with E-state index in [-0.39, 0.29) is 11.5 Å². The van der Waals surface area contributed by atoms with E-state index in [1.807, 2.05) is 0 Å². The maximum absolute atomic E-state index is 12.1. The summed E-state index contributed by atoms with van der Waals surface area (Å²) in [4.78, 5) is 3.91. The van der Waals surface area contributed by atoms with E-state index in [1.165, 1.54) is 42.8 Å². The molecule has 1 heterocycles. The van der Waals surface area contributed by atoms with Gasteiger partial charge < -0.3 is 9.84 Å². The lowest BCUT2D eigenvalue weighted by Crippen LogP contribution is -2.13. The first-order chi connectivity index (χ1) is 9.06. The van der Waals surface area contributed by atoms with Gasteiger partial charge in [-0.05, 0) is 18.2 Å². The molecule has 0 spiro atoms. The van der Waals surface area contributed by atoms with Crippen LogP contribution in [-0.2, 0) is 16.6 Å². The molecule has 1 aromatic carbocycles. The Morgan fingerprint density at radius 1 is 1.47 bits per heavy atom. The zero-order chi connectivity index (χ0) is 13.9. The molecule has 0 saturated heterocycles. The second kappa shape index (κ2) is 5.55. The first-order valence-electron chi connectivity index (χ1n) is 5.27. The number of benzene rings is 1. The molecule has 0 radical (unpaired) electrons. The Hall–Kier alpha value is -1.64. The smallest absolute Gasteiger partial charge is 0.263 e. The fourth-order valence-corrected chi connectivity index (χ4v) is 3.33. The Morgan fingerprint density at radius 3 is 2.84 bits per heavy atom. The highest BCUT2D eigenvalue weighted by molar-refractivity contribution is 7.93. The van der Waals surface area contributed by atoms with Crippen molar-refractivity contribution in [3.8, 4) is 5.75 Å². The first-order valence-corrected chi connectivity index (χ1v) is 7.63. The van der Waals surface area contributed by atoms with Crippen LogP contribution >= 0.6 is 11.3 Å². The van der Waals surface area contributed by atoms with E-state index in [9.17, 15) is 13.5 Å². The van der Waals surface area contributed by atoms with Gasteiger partial charge in [0.2, 0.25) is 0 Å². The molecule has 1 aromatic heterocycles. The lowest BCUT2D eigenvalue weighted by Gasteiger charge is -2.09. The van der Waals surface area contributed by atoms with Crippen molar-refractivity contribution in [3.63, 3.8) is 0 Å². The van der Waals surface area contributed by atoms with Crippen molar-refractivity contribution in [2.75, 3.05) is 11.8 Å². The van der Waals surface area contributed by atoms with Gasteiger partial charge in [0.15, 0.2) is 5.13 Å². The molecule has 0 amide bonds. The molecule has 0 aliphatic carbocycles. The highest BCUT2D eigenvalue weighted by Gasteiger charge is 2.17. The average Bonchev–Trinajstić information content (AvgIpc) is 2.89. The number of thiazole rings is 1. The molecular weight excluding hydrogens is 288 g/mol. The molecule has 102 valence electrons. The van der Waals surface area contributed by atoms with Crippen molar-refractivity contribution in [2.45, 2.75) is 11.5 Å². The summed E-state index contributed by atoms with van der Waals surface area (Å²) in [7, 11) is -2.25. The van der Waals surface area contributed by atoms with Crippen LogP contribution in [-0.4, -0.2) is 25.6 Å². The maximum Gasteiger partial charge on any atom is 0.263 e. The molecule has 8 heteroatoms. The van der Waals surface area contributed by atoms with Gasteiger partial charge in [-0.25, -0.2) is 13.4 Å². The van der Waals surface area contributed by atoms with Gasteiger partial charge in [0.05, 0.1) is 18.6 Å². The number of nitrogens with one attached hydrogen (secondary N) is 1. The molecule has 0 unspecified atom stereocenters. The van der Waals surface area contributed by atoms with Crippen LogP contribution < -0.4 is 9.46 Å². The molecule has 2 aromatic rings. The molecule has 19 heavy (non-hydrogen) atoms. The number of hydrogen-bond acceptors (Lipinski definition) is 6. The molecule has 2 rings (SSSR count). The summed E-state index contributed by atoms with van der Waals surface area (Å²) in [5, 5.41) is 11.2. The Labute approximate surface area is 114 Å². The first kappa shape index (κ1) is 13.8. The van der Waals surface area contributed by atoms with Crippen LogP contribution in [0.2, 0.25) is 0 Å². The predicted octanol–water partition coefficient (Wildman–Crippen LogP) is 1.44. The highest BCUT2D eigenvalue weighted by Crippen LogP contribution is 2.24. The number of nitrogens with zero attached hydrogens (tertiary/aromatic N) is 1. The van der Waals surface area contributed by atoms with Crippen molar-refractivity contribution in [3.05, 3.63) is 35.3 Å². The van der Waals surface area contributed by atoms with E-state index in [1.54, 1.807) is 5.38 Å². The molecule has 0 fully saturated rings. The van der Waals surface area contributed by atoms with Gasteiger partial charge in [0, 0.05) is 17.1 Å². The van der Waals surface area contributed by atoms with Crippen LogP contribution in [0.5, 0.6) is 5.75 Å². The lowest BCUT2D eigenvalue weighted by atomic mass is 10.2. The Balaban J connectivity index is 2.35. The Kier molecular flexibility index (Phi) is 4.03. The van der Waals surface area contributed by atoms with Crippen molar-refractivity contribution in [1.82, 2.24) is 4.98 Å². The van der Waals surface area contributed by atoms with Crippen molar-refractivity contribution >= 4 is 26.5 Å². The standard InChI is InChI=1S/C11H12N2O4S2/c1-17-10-3-2-9(6-8(10)7-14)19(15,16)13-11-12-4-5-18-11/h2-6,14H,7H2,1H3,(H,12,13). The van der Waals surface area contributed by atoms with Crippen molar-refractivity contribution in [1.29, 1.82) is 0 Å². The van der Waals surface area contributed by atoms with E-state index < -0.39 is 10.0 Å². The number of rotatable bonds is 5. The molecule has 0 aliphatic heterocycles. The van der Waals surface area contributed by atoms with Gasteiger partial charge in [0.1, 0.15) is 5.75 Å². The molecular formula is C11H12N2O4S2. The van der Waals surface area contributed by atoms with Gasteiger partial charge in [-0.3, -0.25) is 4.72 Å². The summed E-state index contributed by atoms with van der Waals surface area (Å²) in [5.41, 5.74) is 0.407. The summed E-state index contributed by atoms with van der Waals surface area (Å²) >= 11 is 1.19. The third kappa shape index (κ3) is 3.03. The number of aromatic nitrogens is 1. The largest absolute Gasteiger partial charge is 0.496 e. The van der Waals surface area contributed by atoms with E-state index >= 15 is 0 Å². The zero-order valence-electron chi connectivity index (χ0n) is 10.0. The number of anilines is 1. The summed E-state index contributed by atoms with van der Waals surface area (Å²) in [6.07, 6.45) is 1.51. The molecule has 0 saturated carbocycles. The van der Waals surface area contributed by atoms with Gasteiger partial charge in [-0.15, -0.1) is 11.3 Å². The number of aliphatic hydroxyl groups is 1. The van der Waals surface area contributed by atoms with E-state index in [4.69, 9.17) is 4.74 Å². The summed E-state index contributed by atoms with van der Waals surface area (Å²) in [6, 6.07) is 4.28. The molecule has 0 atom stereocenters. The van der Waals surface area contributed by atoms with E-state index in [0.717, 1.165) is 0 Å². The predicted molar refractivity (Wildman–Crippen MR) is 71.8 cm³/mol. The van der Waals surface area contributed by atoms with Gasteiger partial charge in [0.25, 0.3) is 10.0 Å². The van der Waals surface area contributed by atoms with Gasteiger partial charge in [-0.2, -0.15) is 0 Å².